The van der Waals surface area contributed by atoms with Crippen LogP contribution in [0, 0.1) is 0 Å². The highest BCUT2D eigenvalue weighted by Gasteiger charge is 2.46. The summed E-state index contributed by atoms with van der Waals surface area (Å²) in [4.78, 5) is 54.5. The highest BCUT2D eigenvalue weighted by molar-refractivity contribution is 6.05. The molecule has 2 aliphatic rings. The SMILES string of the molecule is COC(=O)C(N)(Cc1ccc(OCC2CN(CCCC(C(=O)OC(C)(C)C)N3CCNCC3)C(=O)O2)cc1)C(=O)OC(C)(C)C. The van der Waals surface area contributed by atoms with Gasteiger partial charge >= 0.3 is 24.0 Å². The maximum atomic E-state index is 13.0. The van der Waals surface area contributed by atoms with E-state index >= 15 is 0 Å². The molecule has 2 fully saturated rings. The number of carbonyl (C=O) groups is 4. The fraction of sp³-hybridized carbons (Fsp3) is 0.688. The third-order valence-electron chi connectivity index (χ3n) is 7.28. The molecule has 45 heavy (non-hydrogen) atoms. The molecule has 2 aliphatic heterocycles. The Bertz CT molecular complexity index is 1170. The number of ether oxygens (including phenoxy) is 5. The summed E-state index contributed by atoms with van der Waals surface area (Å²) in [5.74, 6) is -1.49. The molecule has 2 saturated heterocycles. The predicted octanol–water partition coefficient (Wildman–Crippen LogP) is 2.04. The summed E-state index contributed by atoms with van der Waals surface area (Å²) in [7, 11) is 1.16. The summed E-state index contributed by atoms with van der Waals surface area (Å²) in [5, 5.41) is 3.31. The fourth-order valence-corrected chi connectivity index (χ4v) is 5.13. The number of piperazine rings is 1. The summed E-state index contributed by atoms with van der Waals surface area (Å²) >= 11 is 0. The molecule has 0 aromatic heterocycles. The van der Waals surface area contributed by atoms with Crippen molar-refractivity contribution in [3.8, 4) is 5.75 Å². The smallest absolute Gasteiger partial charge is 0.410 e. The molecular weight excluding hydrogens is 584 g/mol. The molecule has 3 atom stereocenters. The van der Waals surface area contributed by atoms with Crippen molar-refractivity contribution < 1.29 is 42.9 Å². The molecule has 0 spiro atoms. The Morgan fingerprint density at radius 3 is 2.20 bits per heavy atom. The first-order valence-corrected chi connectivity index (χ1v) is 15.5. The number of amides is 1. The van der Waals surface area contributed by atoms with E-state index in [0.717, 1.165) is 33.3 Å². The van der Waals surface area contributed by atoms with Crippen LogP contribution in [-0.2, 0) is 39.8 Å². The van der Waals surface area contributed by atoms with Crippen molar-refractivity contribution in [3.05, 3.63) is 29.8 Å². The average molecular weight is 635 g/mol. The second-order valence-corrected chi connectivity index (χ2v) is 13.5. The Morgan fingerprint density at radius 2 is 1.62 bits per heavy atom. The van der Waals surface area contributed by atoms with E-state index in [9.17, 15) is 19.2 Å². The van der Waals surface area contributed by atoms with E-state index in [1.54, 1.807) is 49.9 Å². The lowest BCUT2D eigenvalue weighted by atomic mass is 9.91. The van der Waals surface area contributed by atoms with E-state index in [1.165, 1.54) is 0 Å². The molecule has 0 bridgehead atoms. The van der Waals surface area contributed by atoms with Crippen molar-refractivity contribution in [2.24, 2.45) is 5.73 Å². The van der Waals surface area contributed by atoms with Crippen molar-refractivity contribution in [2.45, 2.75) is 89.7 Å². The normalized spacial score (nSPS) is 19.7. The van der Waals surface area contributed by atoms with Crippen LogP contribution < -0.4 is 15.8 Å². The van der Waals surface area contributed by atoms with Gasteiger partial charge in [-0.25, -0.2) is 14.4 Å². The third-order valence-corrected chi connectivity index (χ3v) is 7.28. The van der Waals surface area contributed by atoms with Gasteiger partial charge in [-0.2, -0.15) is 0 Å². The largest absolute Gasteiger partial charge is 0.490 e. The number of nitrogens with one attached hydrogen (secondary N) is 1. The number of hydrogen-bond donors (Lipinski definition) is 2. The number of benzene rings is 1. The molecule has 1 amide bonds. The number of nitrogens with zero attached hydrogens (tertiary/aromatic N) is 2. The van der Waals surface area contributed by atoms with Gasteiger partial charge in [0.05, 0.1) is 13.7 Å². The standard InChI is InChI=1S/C32H50N4O9/c1-30(2,3)44-26(37)25(35-17-14-34-15-18-35)9-8-16-36-20-24(43-29(36)40)21-42-23-12-10-22(11-13-23)19-32(33,27(38)41-7)28(39)45-31(4,5)6/h10-13,24-25,34H,8-9,14-21,33H2,1-7H3. The lowest BCUT2D eigenvalue weighted by Crippen LogP contribution is -2.59. The molecule has 252 valence electrons. The summed E-state index contributed by atoms with van der Waals surface area (Å²) in [6.07, 6.45) is 0.178. The lowest BCUT2D eigenvalue weighted by Gasteiger charge is -2.35. The summed E-state index contributed by atoms with van der Waals surface area (Å²) in [5.41, 5.74) is 3.39. The quantitative estimate of drug-likeness (QED) is 0.185. The lowest BCUT2D eigenvalue weighted by molar-refractivity contribution is -0.170. The van der Waals surface area contributed by atoms with Crippen molar-refractivity contribution in [3.63, 3.8) is 0 Å². The van der Waals surface area contributed by atoms with E-state index in [4.69, 9.17) is 29.4 Å². The van der Waals surface area contributed by atoms with Gasteiger partial charge in [0, 0.05) is 39.1 Å². The Kier molecular flexibility index (Phi) is 12.2. The van der Waals surface area contributed by atoms with Crippen molar-refractivity contribution in [2.75, 3.05) is 53.0 Å². The molecule has 0 radical (unpaired) electrons. The van der Waals surface area contributed by atoms with Gasteiger partial charge in [-0.1, -0.05) is 12.1 Å². The van der Waals surface area contributed by atoms with E-state index in [0.29, 0.717) is 37.2 Å². The van der Waals surface area contributed by atoms with E-state index in [1.807, 2.05) is 20.8 Å². The zero-order chi connectivity index (χ0) is 33.4. The van der Waals surface area contributed by atoms with Crippen LogP contribution in [0.4, 0.5) is 4.79 Å². The molecule has 13 nitrogen and oxygen atoms in total. The van der Waals surface area contributed by atoms with Gasteiger partial charge in [-0.3, -0.25) is 9.69 Å². The summed E-state index contributed by atoms with van der Waals surface area (Å²) in [6, 6.07) is 6.38. The molecule has 13 heteroatoms. The maximum absolute atomic E-state index is 13.0. The maximum Gasteiger partial charge on any atom is 0.410 e. The minimum absolute atomic E-state index is 0.131. The van der Waals surface area contributed by atoms with Gasteiger partial charge in [-0.15, -0.1) is 0 Å². The number of carbonyl (C=O) groups excluding carboxylic acids is 4. The second-order valence-electron chi connectivity index (χ2n) is 13.5. The number of cyclic esters (lactones) is 1. The van der Waals surface area contributed by atoms with Crippen LogP contribution in [0.1, 0.15) is 59.9 Å². The first-order chi connectivity index (χ1) is 21.0. The zero-order valence-electron chi connectivity index (χ0n) is 27.7. The molecule has 1 aromatic rings. The van der Waals surface area contributed by atoms with Crippen LogP contribution in [0.15, 0.2) is 24.3 Å². The van der Waals surface area contributed by atoms with Crippen LogP contribution in [0.2, 0.25) is 0 Å². The Balaban J connectivity index is 1.51. The Hall–Kier alpha value is -3.42. The summed E-state index contributed by atoms with van der Waals surface area (Å²) < 4.78 is 27.2. The van der Waals surface area contributed by atoms with Crippen LogP contribution in [0.25, 0.3) is 0 Å². The number of esters is 3. The third kappa shape index (κ3) is 10.9. The fourth-order valence-electron chi connectivity index (χ4n) is 5.13. The molecular formula is C32H50N4O9. The minimum atomic E-state index is -2.01. The number of methoxy groups -OCH3 is 1. The number of nitrogens with two attached hydrogens (primary N) is 1. The first-order valence-electron chi connectivity index (χ1n) is 15.5. The van der Waals surface area contributed by atoms with Crippen molar-refractivity contribution in [1.82, 2.24) is 15.1 Å². The van der Waals surface area contributed by atoms with Gasteiger partial charge in [-0.05, 0) is 72.1 Å². The molecule has 0 aliphatic carbocycles. The first kappa shape index (κ1) is 36.1. The molecule has 0 saturated carbocycles. The minimum Gasteiger partial charge on any atom is -0.490 e. The van der Waals surface area contributed by atoms with Crippen molar-refractivity contribution >= 4 is 24.0 Å². The monoisotopic (exact) mass is 634 g/mol. The zero-order valence-corrected chi connectivity index (χ0v) is 27.7. The highest BCUT2D eigenvalue weighted by atomic mass is 16.6. The molecule has 3 N–H and O–H groups in total. The number of rotatable bonds is 13. The molecule has 1 aromatic carbocycles. The van der Waals surface area contributed by atoms with Crippen LogP contribution >= 0.6 is 0 Å². The van der Waals surface area contributed by atoms with Gasteiger partial charge in [0.1, 0.15) is 29.6 Å². The molecule has 3 unspecified atom stereocenters. The average Bonchev–Trinajstić information content (AvgIpc) is 3.31. The summed E-state index contributed by atoms with van der Waals surface area (Å²) in [6.45, 7) is 14.8. The van der Waals surface area contributed by atoms with Crippen molar-refractivity contribution in [1.29, 1.82) is 0 Å². The van der Waals surface area contributed by atoms with Crippen LogP contribution in [0.5, 0.6) is 5.75 Å². The Labute approximate surface area is 266 Å². The van der Waals surface area contributed by atoms with Gasteiger partial charge in [0.15, 0.2) is 6.10 Å². The van der Waals surface area contributed by atoms with Crippen LogP contribution in [-0.4, -0.2) is 116 Å². The second kappa shape index (κ2) is 15.2. The van der Waals surface area contributed by atoms with E-state index in [-0.39, 0.29) is 25.0 Å². The van der Waals surface area contributed by atoms with Gasteiger partial charge < -0.3 is 39.6 Å². The van der Waals surface area contributed by atoms with Gasteiger partial charge in [0.2, 0.25) is 5.54 Å². The molecule has 2 heterocycles. The molecule has 3 rings (SSSR count). The predicted molar refractivity (Wildman–Crippen MR) is 166 cm³/mol. The van der Waals surface area contributed by atoms with Crippen LogP contribution in [0.3, 0.4) is 0 Å². The Morgan fingerprint density at radius 1 is 1.00 bits per heavy atom. The highest BCUT2D eigenvalue weighted by Crippen LogP contribution is 2.23. The van der Waals surface area contributed by atoms with E-state index in [2.05, 4.69) is 10.2 Å². The van der Waals surface area contributed by atoms with Gasteiger partial charge in [0.25, 0.3) is 0 Å². The topological polar surface area (TPSA) is 159 Å². The number of hydrogen-bond acceptors (Lipinski definition) is 12. The van der Waals surface area contributed by atoms with E-state index < -0.39 is 40.9 Å².